The topological polar surface area (TPSA) is 26.0 Å². The molecule has 0 aromatic heterocycles. The maximum absolute atomic E-state index is 6.03. The third-order valence-corrected chi connectivity index (χ3v) is 3.20. The number of rotatable bonds is 4. The van der Waals surface area contributed by atoms with Crippen LogP contribution in [-0.2, 0) is 0 Å². The molecule has 1 rings (SSSR count). The summed E-state index contributed by atoms with van der Waals surface area (Å²) in [7, 11) is 0. The molecule has 0 saturated heterocycles. The molecule has 0 amide bonds. The fourth-order valence-corrected chi connectivity index (χ4v) is 2.24. The molecular formula is C10H13Cl2NS. The van der Waals surface area contributed by atoms with Gasteiger partial charge < -0.3 is 5.73 Å². The molecule has 0 heterocycles. The lowest BCUT2D eigenvalue weighted by atomic mass is 10.1. The highest BCUT2D eigenvalue weighted by Gasteiger charge is 2.09. The summed E-state index contributed by atoms with van der Waals surface area (Å²) >= 11 is 13.6. The van der Waals surface area contributed by atoms with Crippen LogP contribution in [0.5, 0.6) is 0 Å². The lowest BCUT2D eigenvalue weighted by molar-refractivity contribution is 0.706. The highest BCUT2D eigenvalue weighted by Crippen LogP contribution is 2.27. The number of thioether (sulfide) groups is 1. The van der Waals surface area contributed by atoms with E-state index in [0.29, 0.717) is 10.0 Å². The third kappa shape index (κ3) is 3.35. The van der Waals surface area contributed by atoms with Crippen molar-refractivity contribution in [2.45, 2.75) is 12.5 Å². The number of hydrogen-bond acceptors (Lipinski definition) is 2. The second-order valence-electron chi connectivity index (χ2n) is 3.05. The molecule has 4 heteroatoms. The van der Waals surface area contributed by atoms with E-state index in [1.165, 1.54) is 0 Å². The van der Waals surface area contributed by atoms with Crippen LogP contribution in [0.2, 0.25) is 10.0 Å². The van der Waals surface area contributed by atoms with Crippen molar-refractivity contribution < 1.29 is 0 Å². The summed E-state index contributed by atoms with van der Waals surface area (Å²) in [6.45, 7) is 0. The Kier molecular flexibility index (Phi) is 5.10. The van der Waals surface area contributed by atoms with Gasteiger partial charge in [-0.1, -0.05) is 29.3 Å². The van der Waals surface area contributed by atoms with Crippen LogP contribution in [0.1, 0.15) is 18.0 Å². The molecule has 1 aromatic rings. The van der Waals surface area contributed by atoms with Crippen LogP contribution in [0.3, 0.4) is 0 Å². The molecule has 0 bridgehead atoms. The van der Waals surface area contributed by atoms with Crippen LogP contribution < -0.4 is 5.73 Å². The van der Waals surface area contributed by atoms with Crippen LogP contribution in [0.4, 0.5) is 0 Å². The molecule has 0 aliphatic carbocycles. The summed E-state index contributed by atoms with van der Waals surface area (Å²) in [5, 5.41) is 1.31. The molecule has 0 saturated carbocycles. The first-order valence-electron chi connectivity index (χ1n) is 4.34. The molecule has 1 aromatic carbocycles. The third-order valence-electron chi connectivity index (χ3n) is 1.99. The van der Waals surface area contributed by atoms with Gasteiger partial charge in [-0.3, -0.25) is 0 Å². The van der Waals surface area contributed by atoms with Gasteiger partial charge in [-0.05, 0) is 36.1 Å². The Morgan fingerprint density at radius 1 is 1.43 bits per heavy atom. The Balaban J connectivity index is 2.74. The van der Waals surface area contributed by atoms with Crippen LogP contribution in [0.25, 0.3) is 0 Å². The van der Waals surface area contributed by atoms with Crippen molar-refractivity contribution in [1.82, 2.24) is 0 Å². The highest BCUT2D eigenvalue weighted by molar-refractivity contribution is 7.98. The van der Waals surface area contributed by atoms with E-state index < -0.39 is 0 Å². The average Bonchev–Trinajstić information content (AvgIpc) is 2.14. The van der Waals surface area contributed by atoms with Gasteiger partial charge >= 0.3 is 0 Å². The van der Waals surface area contributed by atoms with Gasteiger partial charge in [0.05, 0.1) is 0 Å². The van der Waals surface area contributed by atoms with Crippen molar-refractivity contribution in [2.75, 3.05) is 12.0 Å². The molecule has 0 radical (unpaired) electrons. The molecule has 0 fully saturated rings. The molecule has 0 spiro atoms. The first kappa shape index (κ1) is 12.2. The fraction of sp³-hybridized carbons (Fsp3) is 0.400. The zero-order valence-corrected chi connectivity index (χ0v) is 10.3. The Morgan fingerprint density at radius 3 is 2.71 bits per heavy atom. The fourth-order valence-electron chi connectivity index (χ4n) is 1.20. The number of benzene rings is 1. The van der Waals surface area contributed by atoms with Crippen LogP contribution in [0, 0.1) is 0 Å². The molecule has 1 unspecified atom stereocenters. The van der Waals surface area contributed by atoms with Gasteiger partial charge in [-0.2, -0.15) is 11.8 Å². The average molecular weight is 250 g/mol. The second-order valence-corrected chi connectivity index (χ2v) is 4.88. The summed E-state index contributed by atoms with van der Waals surface area (Å²) in [5.41, 5.74) is 6.97. The number of nitrogens with two attached hydrogens (primary N) is 1. The van der Waals surface area contributed by atoms with Gasteiger partial charge in [0.1, 0.15) is 0 Å². The minimum absolute atomic E-state index is 0.00668. The van der Waals surface area contributed by atoms with Crippen LogP contribution in [-0.4, -0.2) is 12.0 Å². The predicted octanol–water partition coefficient (Wildman–Crippen LogP) is 3.75. The Hall–Kier alpha value is 0.110. The first-order valence-corrected chi connectivity index (χ1v) is 6.49. The van der Waals surface area contributed by atoms with Gasteiger partial charge in [-0.25, -0.2) is 0 Å². The quantitative estimate of drug-likeness (QED) is 0.880. The first-order chi connectivity index (χ1) is 6.65. The van der Waals surface area contributed by atoms with Crippen molar-refractivity contribution in [1.29, 1.82) is 0 Å². The molecule has 1 atom stereocenters. The summed E-state index contributed by atoms with van der Waals surface area (Å²) < 4.78 is 0. The zero-order valence-electron chi connectivity index (χ0n) is 7.97. The molecule has 0 aliphatic rings. The molecular weight excluding hydrogens is 237 g/mol. The SMILES string of the molecule is CSCCC(N)c1ccc(Cl)cc1Cl. The van der Waals surface area contributed by atoms with Gasteiger partial charge in [-0.15, -0.1) is 0 Å². The Labute approximate surface area is 99.0 Å². The number of hydrogen-bond donors (Lipinski definition) is 1. The van der Waals surface area contributed by atoms with E-state index in [1.807, 2.05) is 12.1 Å². The summed E-state index contributed by atoms with van der Waals surface area (Å²) in [4.78, 5) is 0. The number of halogens is 2. The molecule has 1 nitrogen and oxygen atoms in total. The van der Waals surface area contributed by atoms with E-state index in [9.17, 15) is 0 Å². The Morgan fingerprint density at radius 2 is 2.14 bits per heavy atom. The molecule has 2 N–H and O–H groups in total. The smallest absolute Gasteiger partial charge is 0.0468 e. The maximum Gasteiger partial charge on any atom is 0.0468 e. The van der Waals surface area contributed by atoms with Crippen molar-refractivity contribution in [3.8, 4) is 0 Å². The van der Waals surface area contributed by atoms with Crippen molar-refractivity contribution >= 4 is 35.0 Å². The minimum Gasteiger partial charge on any atom is -0.324 e. The molecule has 0 aliphatic heterocycles. The molecule has 78 valence electrons. The van der Waals surface area contributed by atoms with E-state index in [0.717, 1.165) is 17.7 Å². The van der Waals surface area contributed by atoms with E-state index in [2.05, 4.69) is 6.26 Å². The monoisotopic (exact) mass is 249 g/mol. The maximum atomic E-state index is 6.03. The van der Waals surface area contributed by atoms with Crippen molar-refractivity contribution in [3.05, 3.63) is 33.8 Å². The van der Waals surface area contributed by atoms with Crippen molar-refractivity contribution in [3.63, 3.8) is 0 Å². The molecule has 14 heavy (non-hydrogen) atoms. The summed E-state index contributed by atoms with van der Waals surface area (Å²) in [5.74, 6) is 1.04. The van der Waals surface area contributed by atoms with E-state index in [4.69, 9.17) is 28.9 Å². The summed E-state index contributed by atoms with van der Waals surface area (Å²) in [6.07, 6.45) is 3.00. The van der Waals surface area contributed by atoms with Gasteiger partial charge in [0.2, 0.25) is 0 Å². The lowest BCUT2D eigenvalue weighted by Crippen LogP contribution is -2.11. The zero-order chi connectivity index (χ0) is 10.6. The predicted molar refractivity (Wildman–Crippen MR) is 66.4 cm³/mol. The van der Waals surface area contributed by atoms with Gasteiger partial charge in [0, 0.05) is 16.1 Å². The van der Waals surface area contributed by atoms with E-state index in [1.54, 1.807) is 17.8 Å². The van der Waals surface area contributed by atoms with Gasteiger partial charge in [0.15, 0.2) is 0 Å². The van der Waals surface area contributed by atoms with E-state index >= 15 is 0 Å². The van der Waals surface area contributed by atoms with Gasteiger partial charge in [0.25, 0.3) is 0 Å². The Bertz CT molecular complexity index is 304. The van der Waals surface area contributed by atoms with E-state index in [-0.39, 0.29) is 6.04 Å². The van der Waals surface area contributed by atoms with Crippen LogP contribution >= 0.6 is 35.0 Å². The van der Waals surface area contributed by atoms with Crippen molar-refractivity contribution in [2.24, 2.45) is 5.73 Å². The van der Waals surface area contributed by atoms with Crippen LogP contribution in [0.15, 0.2) is 18.2 Å². The standard InChI is InChI=1S/C10H13Cl2NS/c1-14-5-4-10(13)8-3-2-7(11)6-9(8)12/h2-3,6,10H,4-5,13H2,1H3. The minimum atomic E-state index is 0.00668. The highest BCUT2D eigenvalue weighted by atomic mass is 35.5. The largest absolute Gasteiger partial charge is 0.324 e. The second kappa shape index (κ2) is 5.86. The summed E-state index contributed by atoms with van der Waals surface area (Å²) in [6, 6.07) is 5.46. The normalized spacial score (nSPS) is 12.9. The lowest BCUT2D eigenvalue weighted by Gasteiger charge is -2.12.